The molecule has 1 saturated heterocycles. The van der Waals surface area contributed by atoms with Crippen molar-refractivity contribution in [1.29, 1.82) is 0 Å². The monoisotopic (exact) mass is 189 g/mol. The number of esters is 1. The molecule has 14 heavy (non-hydrogen) atoms. The first kappa shape index (κ1) is 8.00. The van der Waals surface area contributed by atoms with Crippen molar-refractivity contribution in [3.8, 4) is 0 Å². The molecule has 1 aliphatic heterocycles. The Balaban J connectivity index is 1.96. The smallest absolute Gasteiger partial charge is 0.327 e. The molecule has 3 heteroatoms. The molecule has 0 aromatic heterocycles. The maximum atomic E-state index is 11.4. The second kappa shape index (κ2) is 2.36. The third-order valence-corrected chi connectivity index (χ3v) is 3.33. The topological polar surface area (TPSA) is 52.3 Å². The molecule has 3 nitrogen and oxygen atoms in total. The highest BCUT2D eigenvalue weighted by Gasteiger charge is 2.72. The summed E-state index contributed by atoms with van der Waals surface area (Å²) in [5.74, 6) is 0.124. The number of hydrogen-bond acceptors (Lipinski definition) is 3. The summed E-state index contributed by atoms with van der Waals surface area (Å²) in [4.78, 5) is 11.4. The molecule has 0 unspecified atom stereocenters. The molecule has 72 valence electrons. The van der Waals surface area contributed by atoms with Crippen molar-refractivity contribution in [2.24, 2.45) is 11.7 Å². The van der Waals surface area contributed by atoms with E-state index in [0.29, 0.717) is 6.61 Å². The summed E-state index contributed by atoms with van der Waals surface area (Å²) in [7, 11) is 0. The van der Waals surface area contributed by atoms with Crippen molar-refractivity contribution in [2.75, 3.05) is 6.61 Å². The van der Waals surface area contributed by atoms with Crippen molar-refractivity contribution in [3.63, 3.8) is 0 Å². The van der Waals surface area contributed by atoms with E-state index in [1.165, 1.54) is 0 Å². The number of rotatable bonds is 1. The number of nitrogens with two attached hydrogens (primary N) is 1. The number of benzene rings is 1. The fourth-order valence-electron chi connectivity index (χ4n) is 2.45. The molecule has 0 spiro atoms. The lowest BCUT2D eigenvalue weighted by molar-refractivity contribution is -0.142. The number of hydrogen-bond donors (Lipinski definition) is 1. The van der Waals surface area contributed by atoms with E-state index in [0.717, 1.165) is 5.56 Å². The summed E-state index contributed by atoms with van der Waals surface area (Å²) in [6.07, 6.45) is 0. The standard InChI is InChI=1S/C11H11NO2/c12-11-8(6-14-10(11)13)9(11)7-4-2-1-3-5-7/h1-5,8-9H,6,12H2/t8-,9-,11+/m1/s1. The van der Waals surface area contributed by atoms with Gasteiger partial charge in [-0.05, 0) is 5.56 Å². The second-order valence-corrected chi connectivity index (χ2v) is 4.03. The molecule has 1 aromatic carbocycles. The Morgan fingerprint density at radius 1 is 1.36 bits per heavy atom. The minimum atomic E-state index is -0.721. The SMILES string of the molecule is N[C@@]12C(=O)OC[C@@H]1[C@H]2c1ccccc1. The highest BCUT2D eigenvalue weighted by Crippen LogP contribution is 2.59. The van der Waals surface area contributed by atoms with Crippen molar-refractivity contribution < 1.29 is 9.53 Å². The minimum absolute atomic E-state index is 0.171. The van der Waals surface area contributed by atoms with Crippen LogP contribution in [-0.4, -0.2) is 18.1 Å². The summed E-state index contributed by atoms with van der Waals surface area (Å²) >= 11 is 0. The summed E-state index contributed by atoms with van der Waals surface area (Å²) in [5, 5.41) is 0. The van der Waals surface area contributed by atoms with Gasteiger partial charge in [0.25, 0.3) is 0 Å². The number of carbonyl (C=O) groups is 1. The molecule has 1 aromatic rings. The van der Waals surface area contributed by atoms with E-state index >= 15 is 0 Å². The molecule has 0 radical (unpaired) electrons. The van der Waals surface area contributed by atoms with Gasteiger partial charge >= 0.3 is 5.97 Å². The van der Waals surface area contributed by atoms with Gasteiger partial charge in [-0.15, -0.1) is 0 Å². The Kier molecular flexibility index (Phi) is 1.35. The van der Waals surface area contributed by atoms with Crippen molar-refractivity contribution >= 4 is 5.97 Å². The zero-order valence-corrected chi connectivity index (χ0v) is 7.64. The van der Waals surface area contributed by atoms with E-state index in [4.69, 9.17) is 10.5 Å². The van der Waals surface area contributed by atoms with Crippen LogP contribution in [-0.2, 0) is 9.53 Å². The first-order chi connectivity index (χ1) is 6.74. The van der Waals surface area contributed by atoms with Crippen LogP contribution in [0.4, 0.5) is 0 Å². The van der Waals surface area contributed by atoms with Crippen molar-refractivity contribution in [2.45, 2.75) is 11.5 Å². The maximum Gasteiger partial charge on any atom is 0.327 e. The molecule has 1 aliphatic carbocycles. The summed E-state index contributed by atoms with van der Waals surface area (Å²) in [6.45, 7) is 0.481. The van der Waals surface area contributed by atoms with Gasteiger partial charge in [-0.2, -0.15) is 0 Å². The predicted molar refractivity (Wildman–Crippen MR) is 50.6 cm³/mol. The average molecular weight is 189 g/mol. The quantitative estimate of drug-likeness (QED) is 0.660. The van der Waals surface area contributed by atoms with Gasteiger partial charge in [0.2, 0.25) is 0 Å². The molecule has 2 fully saturated rings. The van der Waals surface area contributed by atoms with Crippen LogP contribution in [0.5, 0.6) is 0 Å². The van der Waals surface area contributed by atoms with E-state index in [9.17, 15) is 4.79 Å². The lowest BCUT2D eigenvalue weighted by Gasteiger charge is -2.07. The lowest BCUT2D eigenvalue weighted by Crippen LogP contribution is -2.33. The van der Waals surface area contributed by atoms with Gasteiger partial charge in [-0.3, -0.25) is 4.79 Å². The number of cyclic esters (lactones) is 1. The maximum absolute atomic E-state index is 11.4. The number of ether oxygens (including phenoxy) is 1. The van der Waals surface area contributed by atoms with Gasteiger partial charge in [0.15, 0.2) is 0 Å². The summed E-state index contributed by atoms with van der Waals surface area (Å²) < 4.78 is 4.91. The molecule has 1 saturated carbocycles. The molecule has 0 amide bonds. The zero-order chi connectivity index (χ0) is 9.76. The molecule has 0 bridgehead atoms. The van der Waals surface area contributed by atoms with E-state index in [-0.39, 0.29) is 17.8 Å². The lowest BCUT2D eigenvalue weighted by atomic mass is 10.1. The highest BCUT2D eigenvalue weighted by atomic mass is 16.5. The van der Waals surface area contributed by atoms with E-state index < -0.39 is 5.54 Å². The van der Waals surface area contributed by atoms with Gasteiger partial charge in [-0.1, -0.05) is 30.3 Å². The molecular weight excluding hydrogens is 178 g/mol. The van der Waals surface area contributed by atoms with Crippen LogP contribution in [0.2, 0.25) is 0 Å². The fourth-order valence-corrected chi connectivity index (χ4v) is 2.45. The van der Waals surface area contributed by atoms with E-state index in [1.54, 1.807) is 0 Å². The molecule has 2 aliphatic rings. The Morgan fingerprint density at radius 2 is 2.07 bits per heavy atom. The van der Waals surface area contributed by atoms with Crippen LogP contribution in [0, 0.1) is 5.92 Å². The largest absolute Gasteiger partial charge is 0.464 e. The van der Waals surface area contributed by atoms with Crippen LogP contribution in [0.15, 0.2) is 30.3 Å². The van der Waals surface area contributed by atoms with Crippen molar-refractivity contribution in [3.05, 3.63) is 35.9 Å². The number of fused-ring (bicyclic) bond motifs is 1. The summed E-state index contributed by atoms with van der Waals surface area (Å²) in [6, 6.07) is 9.94. The molecule has 3 rings (SSSR count). The van der Waals surface area contributed by atoms with Gasteiger partial charge in [0.1, 0.15) is 5.54 Å². The molecule has 2 N–H and O–H groups in total. The Bertz CT molecular complexity index is 390. The van der Waals surface area contributed by atoms with Gasteiger partial charge < -0.3 is 10.5 Å². The first-order valence-electron chi connectivity index (χ1n) is 4.75. The van der Waals surface area contributed by atoms with E-state index in [1.807, 2.05) is 30.3 Å². The third kappa shape index (κ3) is 0.780. The van der Waals surface area contributed by atoms with Crippen LogP contribution in [0.1, 0.15) is 11.5 Å². The minimum Gasteiger partial charge on any atom is -0.464 e. The third-order valence-electron chi connectivity index (χ3n) is 3.33. The van der Waals surface area contributed by atoms with Crippen LogP contribution >= 0.6 is 0 Å². The summed E-state index contributed by atoms with van der Waals surface area (Å²) in [5.41, 5.74) is 6.43. The number of carbonyl (C=O) groups excluding carboxylic acids is 1. The van der Waals surface area contributed by atoms with E-state index in [2.05, 4.69) is 0 Å². The zero-order valence-electron chi connectivity index (χ0n) is 7.64. The Morgan fingerprint density at radius 3 is 2.64 bits per heavy atom. The van der Waals surface area contributed by atoms with Crippen LogP contribution in [0.3, 0.4) is 0 Å². The molecule has 1 heterocycles. The highest BCUT2D eigenvalue weighted by molar-refractivity contribution is 5.90. The van der Waals surface area contributed by atoms with Crippen LogP contribution < -0.4 is 5.73 Å². The Hall–Kier alpha value is -1.35. The fraction of sp³-hybridized carbons (Fsp3) is 0.364. The van der Waals surface area contributed by atoms with Crippen molar-refractivity contribution in [1.82, 2.24) is 0 Å². The van der Waals surface area contributed by atoms with Gasteiger partial charge in [-0.25, -0.2) is 0 Å². The van der Waals surface area contributed by atoms with Gasteiger partial charge in [0.05, 0.1) is 6.61 Å². The first-order valence-corrected chi connectivity index (χ1v) is 4.75. The normalized spacial score (nSPS) is 39.1. The second-order valence-electron chi connectivity index (χ2n) is 4.03. The van der Waals surface area contributed by atoms with Crippen LogP contribution in [0.25, 0.3) is 0 Å². The predicted octanol–water partition coefficient (Wildman–Crippen LogP) is 0.654. The van der Waals surface area contributed by atoms with Gasteiger partial charge in [0, 0.05) is 11.8 Å². The molecular formula is C11H11NO2. The average Bonchev–Trinajstić information content (AvgIpc) is 2.72. The Labute approximate surface area is 81.9 Å². The molecule has 3 atom stereocenters.